The van der Waals surface area contributed by atoms with Gasteiger partial charge in [0.05, 0.1) is 10.6 Å². The highest BCUT2D eigenvalue weighted by Gasteiger charge is 2.18. The Kier molecular flexibility index (Phi) is 4.37. The van der Waals surface area contributed by atoms with Crippen LogP contribution < -0.4 is 5.32 Å². The fraction of sp³-hybridized carbons (Fsp3) is 0.133. The lowest BCUT2D eigenvalue weighted by Crippen LogP contribution is -2.14. The van der Waals surface area contributed by atoms with E-state index in [1.54, 1.807) is 19.1 Å². The van der Waals surface area contributed by atoms with Crippen LogP contribution in [-0.2, 0) is 0 Å². The molecule has 0 aliphatic carbocycles. The number of hydrogen-bond acceptors (Lipinski definition) is 3. The third-order valence-corrected chi connectivity index (χ3v) is 4.24. The number of nitro benzene ring substituents is 1. The largest absolute Gasteiger partial charge is 0.321 e. The summed E-state index contributed by atoms with van der Waals surface area (Å²) in [4.78, 5) is 22.7. The summed E-state index contributed by atoms with van der Waals surface area (Å²) in [6.45, 7) is 3.48. The molecular formula is C15H13BrN2O3. The Morgan fingerprint density at radius 3 is 2.52 bits per heavy atom. The Morgan fingerprint density at radius 2 is 1.86 bits per heavy atom. The lowest BCUT2D eigenvalue weighted by atomic mass is 10.1. The van der Waals surface area contributed by atoms with Gasteiger partial charge in [0.25, 0.3) is 11.6 Å². The molecule has 0 bridgehead atoms. The van der Waals surface area contributed by atoms with Gasteiger partial charge in [-0.15, -0.1) is 0 Å². The fourth-order valence-corrected chi connectivity index (χ4v) is 2.36. The number of benzene rings is 2. The van der Waals surface area contributed by atoms with E-state index in [2.05, 4.69) is 21.2 Å². The van der Waals surface area contributed by atoms with Gasteiger partial charge >= 0.3 is 0 Å². The maximum absolute atomic E-state index is 12.3. The molecule has 21 heavy (non-hydrogen) atoms. The molecule has 108 valence electrons. The molecule has 1 N–H and O–H groups in total. The van der Waals surface area contributed by atoms with Gasteiger partial charge in [0.2, 0.25) is 0 Å². The summed E-state index contributed by atoms with van der Waals surface area (Å²) in [6, 6.07) is 9.97. The van der Waals surface area contributed by atoms with Gasteiger partial charge in [0, 0.05) is 21.7 Å². The number of halogens is 1. The smallest absolute Gasteiger partial charge is 0.273 e. The van der Waals surface area contributed by atoms with Crippen LogP contribution in [0.5, 0.6) is 0 Å². The zero-order valence-electron chi connectivity index (χ0n) is 11.5. The SMILES string of the molecule is Cc1cccc(NC(=O)c2cccc([N+](=O)[O-])c2C)c1Br. The number of amides is 1. The summed E-state index contributed by atoms with van der Waals surface area (Å²) in [5.74, 6) is -0.373. The molecule has 5 nitrogen and oxygen atoms in total. The molecule has 0 fully saturated rings. The van der Waals surface area contributed by atoms with Crippen molar-refractivity contribution in [2.75, 3.05) is 5.32 Å². The van der Waals surface area contributed by atoms with E-state index in [1.165, 1.54) is 12.1 Å². The van der Waals surface area contributed by atoms with Crippen molar-refractivity contribution >= 4 is 33.2 Å². The Bertz CT molecular complexity index is 729. The van der Waals surface area contributed by atoms with Gasteiger partial charge in [-0.1, -0.05) is 18.2 Å². The molecule has 2 aromatic carbocycles. The van der Waals surface area contributed by atoms with Crippen molar-refractivity contribution in [3.8, 4) is 0 Å². The molecule has 0 heterocycles. The number of anilines is 1. The topological polar surface area (TPSA) is 72.2 Å². The van der Waals surface area contributed by atoms with Gasteiger partial charge in [0.15, 0.2) is 0 Å². The Labute approximate surface area is 130 Å². The van der Waals surface area contributed by atoms with Crippen molar-refractivity contribution in [2.24, 2.45) is 0 Å². The maximum atomic E-state index is 12.3. The molecule has 0 aliphatic rings. The van der Waals surface area contributed by atoms with Crippen LogP contribution in [0.4, 0.5) is 11.4 Å². The maximum Gasteiger partial charge on any atom is 0.273 e. The summed E-state index contributed by atoms with van der Waals surface area (Å²) in [5, 5.41) is 13.7. The third-order valence-electron chi connectivity index (χ3n) is 3.19. The molecule has 0 aromatic heterocycles. The first kappa shape index (κ1) is 15.2. The zero-order chi connectivity index (χ0) is 15.6. The summed E-state index contributed by atoms with van der Waals surface area (Å²) >= 11 is 3.41. The monoisotopic (exact) mass is 348 g/mol. The van der Waals surface area contributed by atoms with Crippen molar-refractivity contribution in [1.82, 2.24) is 0 Å². The summed E-state index contributed by atoms with van der Waals surface area (Å²) in [7, 11) is 0. The number of nitro groups is 1. The molecule has 2 rings (SSSR count). The van der Waals surface area contributed by atoms with Crippen molar-refractivity contribution in [2.45, 2.75) is 13.8 Å². The van der Waals surface area contributed by atoms with E-state index in [9.17, 15) is 14.9 Å². The summed E-state index contributed by atoms with van der Waals surface area (Å²) in [5.41, 5.74) is 2.20. The van der Waals surface area contributed by atoms with E-state index in [1.807, 2.05) is 19.1 Å². The number of hydrogen-bond donors (Lipinski definition) is 1. The first-order valence-electron chi connectivity index (χ1n) is 6.22. The molecular weight excluding hydrogens is 336 g/mol. The van der Waals surface area contributed by atoms with Gasteiger partial charge in [-0.05, 0) is 47.5 Å². The summed E-state index contributed by atoms with van der Waals surface area (Å²) < 4.78 is 0.793. The van der Waals surface area contributed by atoms with E-state index >= 15 is 0 Å². The Morgan fingerprint density at radius 1 is 1.19 bits per heavy atom. The zero-order valence-corrected chi connectivity index (χ0v) is 13.1. The molecule has 0 spiro atoms. The highest BCUT2D eigenvalue weighted by atomic mass is 79.9. The predicted molar refractivity (Wildman–Crippen MR) is 84.7 cm³/mol. The quantitative estimate of drug-likeness (QED) is 0.666. The summed E-state index contributed by atoms with van der Waals surface area (Å²) in [6.07, 6.45) is 0. The number of nitrogens with zero attached hydrogens (tertiary/aromatic N) is 1. The van der Waals surface area contributed by atoms with Gasteiger partial charge in [0.1, 0.15) is 0 Å². The Balaban J connectivity index is 2.35. The fourth-order valence-electron chi connectivity index (χ4n) is 2.00. The molecule has 0 unspecified atom stereocenters. The van der Waals surface area contributed by atoms with Crippen LogP contribution in [0.3, 0.4) is 0 Å². The van der Waals surface area contributed by atoms with Crippen molar-refractivity contribution in [3.05, 3.63) is 67.7 Å². The van der Waals surface area contributed by atoms with E-state index in [0.717, 1.165) is 10.0 Å². The second-order valence-electron chi connectivity index (χ2n) is 4.60. The minimum absolute atomic E-state index is 0.0639. The van der Waals surface area contributed by atoms with E-state index in [-0.39, 0.29) is 17.2 Å². The van der Waals surface area contributed by atoms with E-state index in [0.29, 0.717) is 11.3 Å². The highest BCUT2D eigenvalue weighted by molar-refractivity contribution is 9.10. The van der Waals surface area contributed by atoms with Crippen molar-refractivity contribution < 1.29 is 9.72 Å². The van der Waals surface area contributed by atoms with E-state index < -0.39 is 4.92 Å². The first-order chi connectivity index (χ1) is 9.91. The molecule has 1 amide bonds. The van der Waals surface area contributed by atoms with Crippen molar-refractivity contribution in [3.63, 3.8) is 0 Å². The number of carbonyl (C=O) groups excluding carboxylic acids is 1. The van der Waals surface area contributed by atoms with Crippen LogP contribution in [0.2, 0.25) is 0 Å². The van der Waals surface area contributed by atoms with Crippen molar-refractivity contribution in [1.29, 1.82) is 0 Å². The molecule has 0 aliphatic heterocycles. The second kappa shape index (κ2) is 6.05. The van der Waals surface area contributed by atoms with Gasteiger partial charge in [-0.3, -0.25) is 14.9 Å². The first-order valence-corrected chi connectivity index (χ1v) is 7.01. The highest BCUT2D eigenvalue weighted by Crippen LogP contribution is 2.27. The normalized spacial score (nSPS) is 10.2. The lowest BCUT2D eigenvalue weighted by molar-refractivity contribution is -0.385. The van der Waals surface area contributed by atoms with Crippen LogP contribution in [-0.4, -0.2) is 10.8 Å². The predicted octanol–water partition coefficient (Wildman–Crippen LogP) is 4.23. The van der Waals surface area contributed by atoms with Gasteiger partial charge < -0.3 is 5.32 Å². The Hall–Kier alpha value is -2.21. The second-order valence-corrected chi connectivity index (χ2v) is 5.39. The average Bonchev–Trinajstić information content (AvgIpc) is 2.43. The minimum Gasteiger partial charge on any atom is -0.321 e. The van der Waals surface area contributed by atoms with Crippen LogP contribution in [0.25, 0.3) is 0 Å². The van der Waals surface area contributed by atoms with Crippen LogP contribution >= 0.6 is 15.9 Å². The number of nitrogens with one attached hydrogen (secondary N) is 1. The molecule has 0 saturated carbocycles. The molecule has 0 saturated heterocycles. The van der Waals surface area contributed by atoms with E-state index in [4.69, 9.17) is 0 Å². The minimum atomic E-state index is -0.491. The van der Waals surface area contributed by atoms with Gasteiger partial charge in [-0.25, -0.2) is 0 Å². The van der Waals surface area contributed by atoms with Crippen LogP contribution in [0.1, 0.15) is 21.5 Å². The molecule has 0 atom stereocenters. The van der Waals surface area contributed by atoms with Gasteiger partial charge in [-0.2, -0.15) is 0 Å². The number of aryl methyl sites for hydroxylation is 1. The molecule has 2 aromatic rings. The lowest BCUT2D eigenvalue weighted by Gasteiger charge is -2.10. The molecule has 6 heteroatoms. The van der Waals surface area contributed by atoms with Crippen LogP contribution in [0, 0.1) is 24.0 Å². The average molecular weight is 349 g/mol. The number of rotatable bonds is 3. The third kappa shape index (κ3) is 3.11. The molecule has 0 radical (unpaired) electrons. The van der Waals surface area contributed by atoms with Crippen LogP contribution in [0.15, 0.2) is 40.9 Å². The standard InChI is InChI=1S/C15H13BrN2O3/c1-9-5-3-7-12(14(9)16)17-15(19)11-6-4-8-13(10(11)2)18(20)21/h3-8H,1-2H3,(H,17,19). The number of carbonyl (C=O) groups is 1.